The van der Waals surface area contributed by atoms with Gasteiger partial charge in [-0.05, 0) is 12.1 Å². The lowest BCUT2D eigenvalue weighted by atomic mass is 10.0. The van der Waals surface area contributed by atoms with E-state index in [1.54, 1.807) is 0 Å². The fraction of sp³-hybridized carbons (Fsp3) is 0.412. The Morgan fingerprint density at radius 1 is 0.889 bits per heavy atom. The zero-order valence-corrected chi connectivity index (χ0v) is 18.6. The Morgan fingerprint density at radius 2 is 1.53 bits per heavy atom. The Labute approximate surface area is 195 Å². The number of alkyl halides is 9. The summed E-state index contributed by atoms with van der Waals surface area (Å²) in [4.78, 5) is 11.0. The van der Waals surface area contributed by atoms with Crippen LogP contribution in [-0.4, -0.2) is 67.1 Å². The van der Waals surface area contributed by atoms with Crippen LogP contribution in [0.1, 0.15) is 12.6 Å². The first-order valence-corrected chi connectivity index (χ1v) is 11.0. The molecule has 0 fully saturated rings. The Morgan fingerprint density at radius 3 is 2.00 bits per heavy atom. The van der Waals surface area contributed by atoms with Gasteiger partial charge in [-0.3, -0.25) is 4.68 Å². The van der Waals surface area contributed by atoms with Gasteiger partial charge in [-0.2, -0.15) is 39.5 Å². The summed E-state index contributed by atoms with van der Waals surface area (Å²) >= 11 is 0. The Kier molecular flexibility index (Phi) is 6.52. The van der Waals surface area contributed by atoms with E-state index in [-0.39, 0.29) is 17.7 Å². The summed E-state index contributed by atoms with van der Waals surface area (Å²) in [6, 6.07) is 0.441. The maximum atomic E-state index is 14.1. The molecule has 0 aliphatic rings. The van der Waals surface area contributed by atoms with Crippen LogP contribution in [0.25, 0.3) is 23.0 Å². The molecule has 0 saturated heterocycles. The van der Waals surface area contributed by atoms with Crippen LogP contribution < -0.4 is 0 Å². The van der Waals surface area contributed by atoms with Crippen LogP contribution in [0.3, 0.4) is 0 Å². The first-order chi connectivity index (χ1) is 16.4. The van der Waals surface area contributed by atoms with Crippen LogP contribution >= 0.6 is 0 Å². The van der Waals surface area contributed by atoms with Crippen LogP contribution in [0.2, 0.25) is 0 Å². The van der Waals surface area contributed by atoms with Gasteiger partial charge in [0.15, 0.2) is 15.7 Å². The largest absolute Gasteiger partial charge is 0.460 e. The van der Waals surface area contributed by atoms with Gasteiger partial charge >= 0.3 is 23.9 Å². The summed E-state index contributed by atoms with van der Waals surface area (Å²) < 4.78 is 145. The predicted molar refractivity (Wildman–Crippen MR) is 101 cm³/mol. The molecular formula is C17H12F9N7O2S. The van der Waals surface area contributed by atoms with Crippen molar-refractivity contribution >= 4 is 9.84 Å². The number of rotatable bonds is 7. The Balaban J connectivity index is 2.13. The van der Waals surface area contributed by atoms with Gasteiger partial charge in [-0.15, -0.1) is 15.3 Å². The van der Waals surface area contributed by atoms with Crippen molar-refractivity contribution in [3.8, 4) is 23.0 Å². The SMILES string of the molecule is CCS(=O)(=O)c1cnc(-c2ncn(C)n2)nc1-c1ccc(C(F)(F)C(F)(F)C(F)(F)C(F)(F)F)nn1. The normalized spacial score (nSPS) is 13.8. The second-order valence-corrected chi connectivity index (χ2v) is 9.32. The molecule has 0 aliphatic carbocycles. The average Bonchev–Trinajstić information content (AvgIpc) is 3.24. The van der Waals surface area contributed by atoms with Gasteiger partial charge in [0.25, 0.3) is 0 Å². The smallest absolute Gasteiger partial charge is 0.255 e. The van der Waals surface area contributed by atoms with Crippen LogP contribution in [0.15, 0.2) is 29.6 Å². The molecule has 0 saturated carbocycles. The van der Waals surface area contributed by atoms with Crippen molar-refractivity contribution in [3.63, 3.8) is 0 Å². The molecule has 3 rings (SSSR count). The van der Waals surface area contributed by atoms with Crippen molar-refractivity contribution in [2.75, 3.05) is 5.75 Å². The molecule has 0 bridgehead atoms. The van der Waals surface area contributed by atoms with E-state index in [4.69, 9.17) is 0 Å². The molecule has 0 N–H and O–H groups in total. The third-order valence-corrected chi connectivity index (χ3v) is 6.37. The molecule has 3 heterocycles. The van der Waals surface area contributed by atoms with Crippen molar-refractivity contribution in [2.45, 2.75) is 35.8 Å². The highest BCUT2D eigenvalue weighted by atomic mass is 32.2. The van der Waals surface area contributed by atoms with Crippen LogP contribution in [0.5, 0.6) is 0 Å². The fourth-order valence-electron chi connectivity index (χ4n) is 2.65. The number of sulfone groups is 1. The monoisotopic (exact) mass is 549 g/mol. The van der Waals surface area contributed by atoms with Gasteiger partial charge in [-0.25, -0.2) is 23.4 Å². The van der Waals surface area contributed by atoms with Crippen LogP contribution in [0, 0.1) is 0 Å². The number of hydrogen-bond donors (Lipinski definition) is 0. The average molecular weight is 549 g/mol. The number of aryl methyl sites for hydroxylation is 1. The third kappa shape index (κ3) is 4.35. The van der Waals surface area contributed by atoms with Gasteiger partial charge in [0.05, 0.1) is 11.9 Å². The quantitative estimate of drug-likeness (QED) is 0.412. The number of aromatic nitrogens is 7. The molecule has 0 amide bonds. The van der Waals surface area contributed by atoms with E-state index in [0.29, 0.717) is 6.07 Å². The minimum atomic E-state index is -7.12. The minimum absolute atomic E-state index is 0.00809. The van der Waals surface area contributed by atoms with Crippen LogP contribution in [0.4, 0.5) is 39.5 Å². The molecule has 3 aromatic rings. The lowest BCUT2D eigenvalue weighted by Gasteiger charge is -2.33. The first kappa shape index (κ1) is 27.2. The van der Waals surface area contributed by atoms with E-state index in [1.807, 2.05) is 0 Å². The van der Waals surface area contributed by atoms with Gasteiger partial charge in [0.1, 0.15) is 28.3 Å². The summed E-state index contributed by atoms with van der Waals surface area (Å²) in [5.74, 6) is -21.1. The molecule has 19 heteroatoms. The van der Waals surface area contributed by atoms with Crippen molar-refractivity contribution in [1.82, 2.24) is 34.9 Å². The van der Waals surface area contributed by atoms with Crippen molar-refractivity contribution in [2.24, 2.45) is 7.05 Å². The van der Waals surface area contributed by atoms with E-state index < -0.39 is 61.5 Å². The molecule has 36 heavy (non-hydrogen) atoms. The van der Waals surface area contributed by atoms with Gasteiger partial charge in [0, 0.05) is 7.05 Å². The molecule has 9 nitrogen and oxygen atoms in total. The summed E-state index contributed by atoms with van der Waals surface area (Å²) in [5, 5.41) is 9.70. The number of hydrogen-bond acceptors (Lipinski definition) is 8. The molecule has 0 radical (unpaired) electrons. The third-order valence-electron chi connectivity index (χ3n) is 4.64. The Hall–Kier alpha value is -3.38. The first-order valence-electron chi connectivity index (χ1n) is 9.37. The zero-order valence-electron chi connectivity index (χ0n) is 17.8. The lowest BCUT2D eigenvalue weighted by Crippen LogP contribution is -2.59. The highest BCUT2D eigenvalue weighted by molar-refractivity contribution is 7.91. The molecule has 0 aliphatic heterocycles. The molecule has 0 aromatic carbocycles. The van der Waals surface area contributed by atoms with E-state index >= 15 is 0 Å². The van der Waals surface area contributed by atoms with Gasteiger partial charge < -0.3 is 0 Å². The standard InChI is InChI=1S/C17H12F9N7O2S/c1-3-36(34,35)9-6-27-12(13-28-7-33(2)32-13)29-11(9)8-4-5-10(31-30-8)14(18,19)15(20,21)16(22,23)17(24,25)26/h4-7H,3H2,1-2H3. The minimum Gasteiger partial charge on any atom is -0.255 e. The van der Waals surface area contributed by atoms with Crippen molar-refractivity contribution in [3.05, 3.63) is 30.4 Å². The highest BCUT2D eigenvalue weighted by Crippen LogP contribution is 2.56. The molecule has 196 valence electrons. The van der Waals surface area contributed by atoms with E-state index in [0.717, 1.165) is 6.20 Å². The summed E-state index contributed by atoms with van der Waals surface area (Å²) in [5.41, 5.74) is -3.43. The highest BCUT2D eigenvalue weighted by Gasteiger charge is 2.82. The van der Waals surface area contributed by atoms with Crippen molar-refractivity contribution in [1.29, 1.82) is 0 Å². The van der Waals surface area contributed by atoms with Crippen molar-refractivity contribution < 1.29 is 47.9 Å². The molecule has 3 aromatic heterocycles. The second kappa shape index (κ2) is 8.63. The van der Waals surface area contributed by atoms with Gasteiger partial charge in [-0.1, -0.05) is 6.92 Å². The number of nitrogens with zero attached hydrogens (tertiary/aromatic N) is 7. The zero-order chi connectivity index (χ0) is 27.3. The topological polar surface area (TPSA) is 116 Å². The fourth-order valence-corrected chi connectivity index (χ4v) is 3.62. The molecular weight excluding hydrogens is 537 g/mol. The van der Waals surface area contributed by atoms with Gasteiger partial charge in [0.2, 0.25) is 5.82 Å². The van der Waals surface area contributed by atoms with E-state index in [9.17, 15) is 47.9 Å². The Bertz CT molecular complexity index is 1370. The maximum absolute atomic E-state index is 14.1. The van der Waals surface area contributed by atoms with Crippen LogP contribution in [-0.2, 0) is 22.8 Å². The maximum Gasteiger partial charge on any atom is 0.460 e. The second-order valence-electron chi connectivity index (χ2n) is 7.08. The molecule has 0 spiro atoms. The lowest BCUT2D eigenvalue weighted by molar-refractivity contribution is -0.400. The van der Waals surface area contributed by atoms with E-state index in [1.165, 1.54) is 25.0 Å². The molecule has 0 unspecified atom stereocenters. The predicted octanol–water partition coefficient (Wildman–Crippen LogP) is 3.45. The molecule has 0 atom stereocenters. The summed E-state index contributed by atoms with van der Waals surface area (Å²) in [6.07, 6.45) is -4.95. The number of halogens is 9. The summed E-state index contributed by atoms with van der Waals surface area (Å²) in [7, 11) is -2.62. The summed E-state index contributed by atoms with van der Waals surface area (Å²) in [6.45, 7) is 1.24. The van der Waals surface area contributed by atoms with E-state index in [2.05, 4.69) is 30.2 Å².